The zero-order valence-electron chi connectivity index (χ0n) is 21.8. The van der Waals surface area contributed by atoms with Gasteiger partial charge in [-0.25, -0.2) is 4.79 Å². The van der Waals surface area contributed by atoms with Gasteiger partial charge in [0.05, 0.1) is 0 Å². The molecule has 12 heteroatoms. The van der Waals surface area contributed by atoms with Crippen molar-refractivity contribution in [2.24, 2.45) is 0 Å². The van der Waals surface area contributed by atoms with Gasteiger partial charge < -0.3 is 35.1 Å². The van der Waals surface area contributed by atoms with Crippen molar-refractivity contribution in [1.29, 1.82) is 0 Å². The third kappa shape index (κ3) is 7.08. The van der Waals surface area contributed by atoms with Crippen molar-refractivity contribution in [3.63, 3.8) is 0 Å². The second-order valence-electron chi connectivity index (χ2n) is 9.14. The van der Waals surface area contributed by atoms with E-state index < -0.39 is 32.4 Å². The van der Waals surface area contributed by atoms with Crippen LogP contribution in [0.5, 0.6) is 0 Å². The van der Waals surface area contributed by atoms with Crippen LogP contribution in [0.3, 0.4) is 0 Å². The third-order valence-corrected chi connectivity index (χ3v) is 18.3. The number of carbonyl (C=O) groups is 1. The Balaban J connectivity index is 2.45. The van der Waals surface area contributed by atoms with Crippen LogP contribution in [0.25, 0.3) is 0 Å². The molecule has 0 aliphatic heterocycles. The minimum Gasteiger partial charge on any atom is -0.458 e. The minimum atomic E-state index is -3.76. The zero-order valence-corrected chi connectivity index (χ0v) is 24.8. The van der Waals surface area contributed by atoms with E-state index in [1.165, 1.54) is 20.0 Å². The average Bonchev–Trinajstić information content (AvgIpc) is 2.89. The molecule has 2 saturated carbocycles. The highest BCUT2D eigenvalue weighted by molar-refractivity contribution is 6.81. The smallest absolute Gasteiger partial charge is 0.458 e. The molecule has 2 aliphatic carbocycles. The fraction of sp³-hybridized carbons (Fsp3) is 0.864. The Morgan fingerprint density at radius 1 is 0.706 bits per heavy atom. The Kier molecular flexibility index (Phi) is 12.1. The number of ether oxygens (including phenoxy) is 1. The molecule has 34 heavy (non-hydrogen) atoms. The lowest BCUT2D eigenvalue weighted by Gasteiger charge is -2.45. The highest BCUT2D eigenvalue weighted by Crippen LogP contribution is 2.43. The first-order valence-corrected chi connectivity index (χ1v) is 17.8. The summed E-state index contributed by atoms with van der Waals surface area (Å²) in [6.45, 7) is 5.27. The van der Waals surface area contributed by atoms with Gasteiger partial charge in [-0.05, 0) is 32.6 Å². The summed E-state index contributed by atoms with van der Waals surface area (Å²) in [5.41, 5.74) is 0.492. The van der Waals surface area contributed by atoms with Crippen molar-refractivity contribution in [2.75, 3.05) is 41.8 Å². The fourth-order valence-electron chi connectivity index (χ4n) is 5.01. The maximum atomic E-state index is 12.3. The third-order valence-electron chi connectivity index (χ3n) is 6.98. The topological polar surface area (TPSA) is 90.9 Å². The SMILES string of the molecule is C=C(C)C(=O)OC[Si](OC)(O[Si](OC)(OC)C1CCCCC1)O[Si](OC)(OC)C1CCCCC1. The molecule has 0 aromatic carbocycles. The highest BCUT2D eigenvalue weighted by Gasteiger charge is 2.63. The van der Waals surface area contributed by atoms with Gasteiger partial charge in [-0.15, -0.1) is 0 Å². The van der Waals surface area contributed by atoms with E-state index in [-0.39, 0.29) is 22.9 Å². The molecule has 0 saturated heterocycles. The number of hydrogen-bond donors (Lipinski definition) is 0. The fourth-order valence-corrected chi connectivity index (χ4v) is 17.1. The molecule has 198 valence electrons. The quantitative estimate of drug-likeness (QED) is 0.182. The summed E-state index contributed by atoms with van der Waals surface area (Å²) in [6, 6.07) is 0. The van der Waals surface area contributed by atoms with E-state index >= 15 is 0 Å². The molecule has 2 rings (SSSR count). The summed E-state index contributed by atoms with van der Waals surface area (Å²) < 4.78 is 49.1. The predicted octanol–water partition coefficient (Wildman–Crippen LogP) is 4.40. The van der Waals surface area contributed by atoms with Crippen LogP contribution in [-0.2, 0) is 39.9 Å². The molecule has 0 aromatic rings. The molecule has 9 nitrogen and oxygen atoms in total. The standard InChI is InChI=1S/C22H44O9Si3/c1-19(2)22(23)29-18-32(24-3,30-33(25-4,26-5)20-14-10-8-11-15-20)31-34(27-6,28-7)21-16-12-9-13-17-21/h20-21H,1,8-18H2,2-7H3. The predicted molar refractivity (Wildman–Crippen MR) is 134 cm³/mol. The molecule has 0 N–H and O–H groups in total. The first kappa shape index (κ1) is 29.8. The molecule has 0 unspecified atom stereocenters. The van der Waals surface area contributed by atoms with Gasteiger partial charge in [0, 0.05) is 52.2 Å². The van der Waals surface area contributed by atoms with Crippen LogP contribution in [0, 0.1) is 0 Å². The number of rotatable bonds is 14. The molecule has 0 amide bonds. The average molecular weight is 537 g/mol. The van der Waals surface area contributed by atoms with Crippen molar-refractivity contribution in [1.82, 2.24) is 0 Å². The lowest BCUT2D eigenvalue weighted by atomic mass is 10.0. The summed E-state index contributed by atoms with van der Waals surface area (Å²) in [5.74, 6) is -0.541. The van der Waals surface area contributed by atoms with Gasteiger partial charge in [-0.2, -0.15) is 0 Å². The maximum absolute atomic E-state index is 12.3. The summed E-state index contributed by atoms with van der Waals surface area (Å²) in [4.78, 5) is 12.3. The first-order valence-electron chi connectivity index (χ1n) is 12.2. The van der Waals surface area contributed by atoms with Crippen LogP contribution in [0.15, 0.2) is 12.2 Å². The van der Waals surface area contributed by atoms with Crippen LogP contribution in [0.4, 0.5) is 0 Å². The van der Waals surface area contributed by atoms with E-state index in [1.807, 2.05) is 0 Å². The monoisotopic (exact) mass is 536 g/mol. The highest BCUT2D eigenvalue weighted by atomic mass is 28.5. The van der Waals surface area contributed by atoms with E-state index in [9.17, 15) is 4.79 Å². The molecule has 2 aliphatic rings. The van der Waals surface area contributed by atoms with Gasteiger partial charge in [-0.1, -0.05) is 45.1 Å². The maximum Gasteiger partial charge on any atom is 0.525 e. The van der Waals surface area contributed by atoms with E-state index in [4.69, 9.17) is 35.1 Å². The second-order valence-corrected chi connectivity index (χ2v) is 18.5. The van der Waals surface area contributed by atoms with E-state index in [0.29, 0.717) is 0 Å². The molecular formula is C22H44O9Si3. The summed E-state index contributed by atoms with van der Waals surface area (Å²) in [7, 11) is -2.34. The lowest BCUT2D eigenvalue weighted by molar-refractivity contribution is -0.138. The number of carbonyl (C=O) groups excluding carboxylic acids is 1. The number of hydrogen-bond acceptors (Lipinski definition) is 9. The molecule has 0 spiro atoms. The molecule has 0 aromatic heterocycles. The van der Waals surface area contributed by atoms with Gasteiger partial charge in [0.1, 0.15) is 0 Å². The Hall–Kier alpha value is -0.419. The van der Waals surface area contributed by atoms with E-state index in [2.05, 4.69) is 6.58 Å². The first-order chi connectivity index (χ1) is 16.3. The van der Waals surface area contributed by atoms with Crippen LogP contribution in [-0.4, -0.2) is 74.2 Å². The molecule has 0 radical (unpaired) electrons. The molecule has 0 bridgehead atoms. The Morgan fingerprint density at radius 2 is 1.09 bits per heavy atom. The normalized spacial score (nSPS) is 19.2. The van der Waals surface area contributed by atoms with Crippen molar-refractivity contribution >= 4 is 32.4 Å². The van der Waals surface area contributed by atoms with Crippen LogP contribution >= 0.6 is 0 Å². The van der Waals surface area contributed by atoms with Crippen molar-refractivity contribution in [2.45, 2.75) is 82.2 Å². The molecule has 0 heterocycles. The van der Waals surface area contributed by atoms with Crippen molar-refractivity contribution in [3.8, 4) is 0 Å². The van der Waals surface area contributed by atoms with E-state index in [1.54, 1.807) is 35.4 Å². The Labute approximate surface area is 208 Å². The molecule has 0 atom stereocenters. The molecular weight excluding hydrogens is 492 g/mol. The van der Waals surface area contributed by atoms with Gasteiger partial charge in [0.15, 0.2) is 6.23 Å². The van der Waals surface area contributed by atoms with Gasteiger partial charge in [0.25, 0.3) is 0 Å². The lowest BCUT2D eigenvalue weighted by Crippen LogP contribution is -2.68. The van der Waals surface area contributed by atoms with Crippen molar-refractivity contribution in [3.05, 3.63) is 12.2 Å². The van der Waals surface area contributed by atoms with Gasteiger partial charge >= 0.3 is 32.4 Å². The van der Waals surface area contributed by atoms with Gasteiger partial charge in [-0.3, -0.25) is 0 Å². The minimum absolute atomic E-state index is 0.106. The van der Waals surface area contributed by atoms with Gasteiger partial charge in [0.2, 0.25) is 0 Å². The summed E-state index contributed by atoms with van der Waals surface area (Å²) in [5, 5.41) is 0. The number of esters is 1. The Bertz CT molecular complexity index is 608. The summed E-state index contributed by atoms with van der Waals surface area (Å²) >= 11 is 0. The molecule has 2 fully saturated rings. The van der Waals surface area contributed by atoms with E-state index in [0.717, 1.165) is 51.4 Å². The Morgan fingerprint density at radius 3 is 1.38 bits per heavy atom. The van der Waals surface area contributed by atoms with Crippen LogP contribution in [0.2, 0.25) is 11.1 Å². The summed E-state index contributed by atoms with van der Waals surface area (Å²) in [6.07, 6.45) is 10.2. The van der Waals surface area contributed by atoms with Crippen LogP contribution in [0.1, 0.15) is 71.1 Å². The zero-order chi connectivity index (χ0) is 25.2. The largest absolute Gasteiger partial charge is 0.525 e. The van der Waals surface area contributed by atoms with Crippen molar-refractivity contribution < 1.29 is 39.9 Å². The van der Waals surface area contributed by atoms with Crippen LogP contribution < -0.4 is 0 Å². The second kappa shape index (κ2) is 13.8.